The van der Waals surface area contributed by atoms with Crippen LogP contribution >= 0.6 is 11.8 Å². The van der Waals surface area contributed by atoms with Crippen LogP contribution in [0.15, 0.2) is 16.1 Å². The Kier molecular flexibility index (Phi) is 4.31. The number of carbonyl (C=O) groups excluding carboxylic acids is 1. The van der Waals surface area contributed by atoms with E-state index in [9.17, 15) is 19.5 Å². The maximum Gasteiger partial charge on any atom is 0.322 e. The lowest BCUT2D eigenvalue weighted by molar-refractivity contribution is -0.135. The molecule has 1 amide bonds. The number of aromatic nitrogens is 3. The van der Waals surface area contributed by atoms with Gasteiger partial charge in [0.1, 0.15) is 17.9 Å². The summed E-state index contributed by atoms with van der Waals surface area (Å²) in [5.74, 6) is -2.82. The van der Waals surface area contributed by atoms with Gasteiger partial charge in [-0.15, -0.1) is 0 Å². The molecule has 0 radical (unpaired) electrons. The molecule has 0 aromatic carbocycles. The fourth-order valence-corrected chi connectivity index (χ4v) is 2.16. The molecule has 2 aromatic rings. The van der Waals surface area contributed by atoms with Crippen LogP contribution in [-0.2, 0) is 11.8 Å². The number of aromatic hydroxyl groups is 1. The first-order valence-corrected chi connectivity index (χ1v) is 7.22. The number of thioether (sulfide) groups is 1. The molecule has 0 aliphatic carbocycles. The first-order chi connectivity index (χ1) is 10.4. The maximum atomic E-state index is 12.2. The topological polar surface area (TPSA) is 134 Å². The molecule has 0 unspecified atom stereocenters. The van der Waals surface area contributed by atoms with Crippen molar-refractivity contribution >= 4 is 34.7 Å². The standard InChI is InChI=1S/C12H12N4O5S/c1-16-9-5(3-14-12(15-9)22-2)8(19)7(11(16)21)10(20)13-4-6(17)18/h3,19H,4H2,1-2H3,(H,13,20)(H,17,18). The van der Waals surface area contributed by atoms with Gasteiger partial charge in [0.15, 0.2) is 10.8 Å². The molecule has 2 aromatic heterocycles. The largest absolute Gasteiger partial charge is 0.506 e. The van der Waals surface area contributed by atoms with E-state index in [1.54, 1.807) is 6.26 Å². The van der Waals surface area contributed by atoms with Crippen LogP contribution in [0.5, 0.6) is 5.75 Å². The number of nitrogens with zero attached hydrogens (tertiary/aromatic N) is 3. The Labute approximate surface area is 128 Å². The van der Waals surface area contributed by atoms with Crippen LogP contribution in [0.3, 0.4) is 0 Å². The van der Waals surface area contributed by atoms with Crippen molar-refractivity contribution in [1.82, 2.24) is 19.9 Å². The van der Waals surface area contributed by atoms with Gasteiger partial charge >= 0.3 is 5.97 Å². The molecular formula is C12H12N4O5S. The van der Waals surface area contributed by atoms with E-state index >= 15 is 0 Å². The number of carbonyl (C=O) groups is 2. The van der Waals surface area contributed by atoms with Gasteiger partial charge in [-0.25, -0.2) is 9.97 Å². The minimum absolute atomic E-state index is 0.125. The summed E-state index contributed by atoms with van der Waals surface area (Å²) >= 11 is 1.26. The van der Waals surface area contributed by atoms with E-state index in [1.165, 1.54) is 25.0 Å². The lowest BCUT2D eigenvalue weighted by Crippen LogP contribution is -2.35. The number of pyridine rings is 1. The predicted molar refractivity (Wildman–Crippen MR) is 78.2 cm³/mol. The zero-order chi connectivity index (χ0) is 16.4. The molecular weight excluding hydrogens is 312 g/mol. The molecule has 2 rings (SSSR count). The molecule has 0 bridgehead atoms. The van der Waals surface area contributed by atoms with E-state index in [-0.39, 0.29) is 11.0 Å². The molecule has 3 N–H and O–H groups in total. The van der Waals surface area contributed by atoms with E-state index in [0.29, 0.717) is 5.16 Å². The molecule has 0 atom stereocenters. The molecule has 116 valence electrons. The third kappa shape index (κ3) is 2.72. The van der Waals surface area contributed by atoms with Crippen molar-refractivity contribution < 1.29 is 19.8 Å². The van der Waals surface area contributed by atoms with Gasteiger partial charge in [0.05, 0.1) is 5.39 Å². The molecule has 0 fully saturated rings. The zero-order valence-electron chi connectivity index (χ0n) is 11.7. The fourth-order valence-electron chi connectivity index (χ4n) is 1.83. The number of hydrogen-bond acceptors (Lipinski definition) is 7. The van der Waals surface area contributed by atoms with E-state index in [0.717, 1.165) is 4.57 Å². The van der Waals surface area contributed by atoms with Crippen molar-refractivity contribution in [2.75, 3.05) is 12.8 Å². The number of rotatable bonds is 4. The maximum absolute atomic E-state index is 12.2. The third-order valence-electron chi connectivity index (χ3n) is 2.88. The van der Waals surface area contributed by atoms with Crippen LogP contribution in [0.2, 0.25) is 0 Å². The molecule has 0 saturated carbocycles. The molecule has 22 heavy (non-hydrogen) atoms. The minimum Gasteiger partial charge on any atom is -0.506 e. The van der Waals surface area contributed by atoms with Gasteiger partial charge in [0, 0.05) is 13.2 Å². The molecule has 0 aliphatic rings. The highest BCUT2D eigenvalue weighted by Gasteiger charge is 2.22. The lowest BCUT2D eigenvalue weighted by Gasteiger charge is -2.11. The number of aliphatic carboxylic acids is 1. The highest BCUT2D eigenvalue weighted by Crippen LogP contribution is 2.25. The predicted octanol–water partition coefficient (Wildman–Crippen LogP) is -0.430. The second-order valence-corrected chi connectivity index (χ2v) is 5.03. The molecule has 2 heterocycles. The summed E-state index contributed by atoms with van der Waals surface area (Å²) in [4.78, 5) is 42.7. The first-order valence-electron chi connectivity index (χ1n) is 5.99. The Morgan fingerprint density at radius 1 is 1.45 bits per heavy atom. The number of hydrogen-bond donors (Lipinski definition) is 3. The Hall–Kier alpha value is -2.62. The Morgan fingerprint density at radius 3 is 2.73 bits per heavy atom. The SMILES string of the molecule is CSc1ncc2c(O)c(C(=O)NCC(=O)O)c(=O)n(C)c2n1. The minimum atomic E-state index is -1.27. The van der Waals surface area contributed by atoms with Crippen LogP contribution in [0, 0.1) is 0 Å². The second kappa shape index (κ2) is 6.02. The Morgan fingerprint density at radius 2 is 2.14 bits per heavy atom. The zero-order valence-corrected chi connectivity index (χ0v) is 12.5. The number of amides is 1. The monoisotopic (exact) mass is 324 g/mol. The summed E-state index contributed by atoms with van der Waals surface area (Å²) in [6.07, 6.45) is 3.06. The molecule has 0 aliphatic heterocycles. The average Bonchev–Trinajstić information content (AvgIpc) is 2.50. The molecule has 9 nitrogen and oxygen atoms in total. The average molecular weight is 324 g/mol. The number of nitrogens with one attached hydrogen (secondary N) is 1. The summed E-state index contributed by atoms with van der Waals surface area (Å²) in [5, 5.41) is 21.3. The second-order valence-electron chi connectivity index (χ2n) is 4.26. The smallest absolute Gasteiger partial charge is 0.322 e. The highest BCUT2D eigenvalue weighted by molar-refractivity contribution is 7.98. The Bertz CT molecular complexity index is 832. The van der Waals surface area contributed by atoms with Gasteiger partial charge in [0.25, 0.3) is 11.5 Å². The van der Waals surface area contributed by atoms with Crippen LogP contribution in [0.25, 0.3) is 11.0 Å². The third-order valence-corrected chi connectivity index (χ3v) is 3.45. The van der Waals surface area contributed by atoms with E-state index < -0.39 is 35.3 Å². The van der Waals surface area contributed by atoms with E-state index in [4.69, 9.17) is 5.11 Å². The summed E-state index contributed by atoms with van der Waals surface area (Å²) in [6, 6.07) is 0. The normalized spacial score (nSPS) is 10.6. The quantitative estimate of drug-likeness (QED) is 0.509. The van der Waals surface area contributed by atoms with Crippen molar-refractivity contribution in [2.45, 2.75) is 5.16 Å². The fraction of sp³-hybridized carbons (Fsp3) is 0.250. The van der Waals surface area contributed by atoms with Gasteiger partial charge in [0.2, 0.25) is 0 Å². The first kappa shape index (κ1) is 15.8. The summed E-state index contributed by atoms with van der Waals surface area (Å²) in [6.45, 7) is -0.665. The number of carboxylic acids is 1. The molecule has 0 saturated heterocycles. The molecule has 10 heteroatoms. The number of carboxylic acid groups (broad SMARTS) is 1. The van der Waals surface area contributed by atoms with E-state index in [1.807, 2.05) is 5.32 Å². The summed E-state index contributed by atoms with van der Waals surface area (Å²) in [5.41, 5.74) is -1.15. The van der Waals surface area contributed by atoms with Gasteiger partial charge < -0.3 is 15.5 Å². The van der Waals surface area contributed by atoms with Crippen LogP contribution < -0.4 is 10.9 Å². The van der Waals surface area contributed by atoms with Crippen LogP contribution in [0.4, 0.5) is 0 Å². The summed E-state index contributed by atoms with van der Waals surface area (Å²) < 4.78 is 1.10. The Balaban J connectivity index is 2.64. The van der Waals surface area contributed by atoms with Gasteiger partial charge in [-0.2, -0.15) is 0 Å². The summed E-state index contributed by atoms with van der Waals surface area (Å²) in [7, 11) is 1.40. The van der Waals surface area contributed by atoms with Crippen molar-refractivity contribution in [2.24, 2.45) is 7.05 Å². The van der Waals surface area contributed by atoms with Gasteiger partial charge in [-0.1, -0.05) is 11.8 Å². The number of aryl methyl sites for hydroxylation is 1. The van der Waals surface area contributed by atoms with Crippen molar-refractivity contribution in [1.29, 1.82) is 0 Å². The van der Waals surface area contributed by atoms with E-state index in [2.05, 4.69) is 9.97 Å². The van der Waals surface area contributed by atoms with Crippen molar-refractivity contribution in [3.05, 3.63) is 22.1 Å². The lowest BCUT2D eigenvalue weighted by atomic mass is 10.2. The molecule has 0 spiro atoms. The van der Waals surface area contributed by atoms with Crippen LogP contribution in [0.1, 0.15) is 10.4 Å². The van der Waals surface area contributed by atoms with Gasteiger partial charge in [-0.05, 0) is 6.26 Å². The highest BCUT2D eigenvalue weighted by atomic mass is 32.2. The van der Waals surface area contributed by atoms with Crippen molar-refractivity contribution in [3.8, 4) is 5.75 Å². The van der Waals surface area contributed by atoms with Crippen LogP contribution in [-0.4, -0.2) is 49.4 Å². The number of fused-ring (bicyclic) bond motifs is 1. The van der Waals surface area contributed by atoms with Gasteiger partial charge in [-0.3, -0.25) is 19.0 Å². The van der Waals surface area contributed by atoms with Crippen molar-refractivity contribution in [3.63, 3.8) is 0 Å².